The van der Waals surface area contributed by atoms with Crippen LogP contribution in [0.1, 0.15) is 31.9 Å². The molecule has 96 valence electrons. The summed E-state index contributed by atoms with van der Waals surface area (Å²) in [4.78, 5) is 2.24. The molecule has 0 spiro atoms. The van der Waals surface area contributed by atoms with Crippen molar-refractivity contribution in [1.82, 2.24) is 4.90 Å². The van der Waals surface area contributed by atoms with Crippen molar-refractivity contribution in [2.75, 3.05) is 20.6 Å². The third-order valence-electron chi connectivity index (χ3n) is 3.18. The molecule has 1 rings (SSSR count). The molecule has 1 aromatic rings. The first-order chi connectivity index (χ1) is 7.85. The second-order valence-electron chi connectivity index (χ2n) is 5.60. The van der Waals surface area contributed by atoms with Gasteiger partial charge in [0.2, 0.25) is 0 Å². The lowest BCUT2D eigenvalue weighted by molar-refractivity contribution is 0.202. The minimum atomic E-state index is 0.147. The van der Waals surface area contributed by atoms with E-state index in [2.05, 4.69) is 45.0 Å². The first kappa shape index (κ1) is 14.5. The predicted octanol–water partition coefficient (Wildman–Crippen LogP) is 3.32. The maximum Gasteiger partial charge on any atom is 0.0406 e. The highest BCUT2D eigenvalue weighted by Gasteiger charge is 2.24. The van der Waals surface area contributed by atoms with E-state index in [1.165, 1.54) is 5.56 Å². The van der Waals surface area contributed by atoms with Crippen molar-refractivity contribution in [2.24, 2.45) is 11.1 Å². The van der Waals surface area contributed by atoms with Crippen LogP contribution in [-0.4, -0.2) is 25.5 Å². The van der Waals surface area contributed by atoms with E-state index < -0.39 is 0 Å². The Morgan fingerprint density at radius 1 is 1.24 bits per heavy atom. The highest BCUT2D eigenvalue weighted by Crippen LogP contribution is 2.32. The van der Waals surface area contributed by atoms with Crippen LogP contribution in [-0.2, 0) is 0 Å². The molecule has 17 heavy (non-hydrogen) atoms. The van der Waals surface area contributed by atoms with Crippen LogP contribution >= 0.6 is 11.6 Å². The molecule has 1 unspecified atom stereocenters. The zero-order chi connectivity index (χ0) is 13.1. The summed E-state index contributed by atoms with van der Waals surface area (Å²) in [5, 5.41) is 0.782. The van der Waals surface area contributed by atoms with E-state index >= 15 is 0 Å². The van der Waals surface area contributed by atoms with E-state index in [1.807, 2.05) is 12.1 Å². The normalized spacial score (nSPS) is 14.1. The number of rotatable bonds is 5. The Kier molecular flexibility index (Phi) is 4.99. The molecular formula is C14H23ClN2. The van der Waals surface area contributed by atoms with Crippen molar-refractivity contribution in [3.05, 3.63) is 34.9 Å². The highest BCUT2D eigenvalue weighted by molar-refractivity contribution is 6.30. The van der Waals surface area contributed by atoms with E-state index in [9.17, 15) is 0 Å². The molecule has 3 heteroatoms. The second-order valence-corrected chi connectivity index (χ2v) is 6.04. The minimum Gasteiger partial charge on any atom is -0.330 e. The highest BCUT2D eigenvalue weighted by atomic mass is 35.5. The van der Waals surface area contributed by atoms with Crippen LogP contribution in [0, 0.1) is 5.41 Å². The van der Waals surface area contributed by atoms with Crippen molar-refractivity contribution in [2.45, 2.75) is 26.3 Å². The average molecular weight is 255 g/mol. The van der Waals surface area contributed by atoms with Crippen molar-refractivity contribution >= 4 is 11.6 Å². The van der Waals surface area contributed by atoms with Crippen LogP contribution < -0.4 is 5.73 Å². The van der Waals surface area contributed by atoms with Crippen LogP contribution in [0.15, 0.2) is 24.3 Å². The zero-order valence-corrected chi connectivity index (χ0v) is 12.0. The zero-order valence-electron chi connectivity index (χ0n) is 11.2. The van der Waals surface area contributed by atoms with E-state index in [0.717, 1.165) is 11.4 Å². The topological polar surface area (TPSA) is 29.3 Å². The van der Waals surface area contributed by atoms with E-state index in [4.69, 9.17) is 17.3 Å². The fraction of sp³-hybridized carbons (Fsp3) is 0.571. The van der Waals surface area contributed by atoms with E-state index in [1.54, 1.807) is 0 Å². The Hall–Kier alpha value is -0.570. The molecule has 0 aliphatic rings. The molecule has 0 aromatic heterocycles. The molecule has 0 fully saturated rings. The first-order valence-corrected chi connectivity index (χ1v) is 6.35. The summed E-state index contributed by atoms with van der Waals surface area (Å²) in [6.07, 6.45) is 1.04. The van der Waals surface area contributed by atoms with Crippen LogP contribution in [0.4, 0.5) is 0 Å². The lowest BCUT2D eigenvalue weighted by Gasteiger charge is -2.33. The molecule has 0 saturated heterocycles. The van der Waals surface area contributed by atoms with Crippen molar-refractivity contribution in [3.63, 3.8) is 0 Å². The molecule has 0 aliphatic heterocycles. The van der Waals surface area contributed by atoms with Crippen LogP contribution in [0.3, 0.4) is 0 Å². The van der Waals surface area contributed by atoms with Crippen LogP contribution in [0.2, 0.25) is 5.02 Å². The fourth-order valence-corrected chi connectivity index (χ4v) is 2.02. The van der Waals surface area contributed by atoms with Gasteiger partial charge in [0.25, 0.3) is 0 Å². The van der Waals surface area contributed by atoms with Crippen molar-refractivity contribution in [1.29, 1.82) is 0 Å². The summed E-state index contributed by atoms with van der Waals surface area (Å²) in [7, 11) is 4.21. The minimum absolute atomic E-state index is 0.147. The van der Waals surface area contributed by atoms with Gasteiger partial charge in [0.1, 0.15) is 0 Å². The van der Waals surface area contributed by atoms with Gasteiger partial charge in [0.15, 0.2) is 0 Å². The number of hydrogen-bond acceptors (Lipinski definition) is 2. The predicted molar refractivity (Wildman–Crippen MR) is 75.3 cm³/mol. The summed E-state index contributed by atoms with van der Waals surface area (Å²) in [6.45, 7) is 5.11. The van der Waals surface area contributed by atoms with Crippen LogP contribution in [0.5, 0.6) is 0 Å². The van der Waals surface area contributed by atoms with Gasteiger partial charge in [-0.15, -0.1) is 0 Å². The van der Waals surface area contributed by atoms with Gasteiger partial charge in [-0.05, 0) is 50.2 Å². The largest absolute Gasteiger partial charge is 0.330 e. The summed E-state index contributed by atoms with van der Waals surface area (Å²) in [6, 6.07) is 8.47. The van der Waals surface area contributed by atoms with Gasteiger partial charge in [0, 0.05) is 11.1 Å². The van der Waals surface area contributed by atoms with Crippen LogP contribution in [0.25, 0.3) is 0 Å². The van der Waals surface area contributed by atoms with Gasteiger partial charge in [-0.1, -0.05) is 37.6 Å². The summed E-state index contributed by atoms with van der Waals surface area (Å²) in [5.41, 5.74) is 7.26. The molecule has 2 N–H and O–H groups in total. The summed E-state index contributed by atoms with van der Waals surface area (Å²) in [5.74, 6) is 0. The number of halogens is 1. The third kappa shape index (κ3) is 4.30. The Morgan fingerprint density at radius 3 is 2.18 bits per heavy atom. The Bertz CT molecular complexity index is 344. The number of nitrogens with zero attached hydrogens (tertiary/aromatic N) is 1. The van der Waals surface area contributed by atoms with Gasteiger partial charge in [-0.2, -0.15) is 0 Å². The number of benzene rings is 1. The Balaban J connectivity index is 2.90. The second kappa shape index (κ2) is 5.85. The number of nitrogens with two attached hydrogens (primary N) is 1. The summed E-state index contributed by atoms with van der Waals surface area (Å²) < 4.78 is 0. The summed E-state index contributed by atoms with van der Waals surface area (Å²) >= 11 is 5.92. The lowest BCUT2D eigenvalue weighted by atomic mass is 9.83. The van der Waals surface area contributed by atoms with Crippen molar-refractivity contribution < 1.29 is 0 Å². The smallest absolute Gasteiger partial charge is 0.0406 e. The first-order valence-electron chi connectivity index (χ1n) is 5.98. The van der Waals surface area contributed by atoms with Gasteiger partial charge in [0.05, 0.1) is 0 Å². The fourth-order valence-electron chi connectivity index (χ4n) is 1.89. The molecule has 1 aromatic carbocycles. The molecule has 0 aliphatic carbocycles. The monoisotopic (exact) mass is 254 g/mol. The Labute approximate surface area is 110 Å². The van der Waals surface area contributed by atoms with Gasteiger partial charge < -0.3 is 10.6 Å². The molecule has 0 bridgehead atoms. The Morgan fingerprint density at radius 2 is 1.76 bits per heavy atom. The van der Waals surface area contributed by atoms with Gasteiger partial charge >= 0.3 is 0 Å². The number of hydrogen-bond donors (Lipinski definition) is 1. The average Bonchev–Trinajstić information content (AvgIpc) is 2.27. The molecule has 0 heterocycles. The standard InChI is InChI=1S/C14H23ClN2/c1-14(2,10-16)9-13(17(3)4)11-5-7-12(15)8-6-11/h5-8,13H,9-10,16H2,1-4H3. The van der Waals surface area contributed by atoms with Crippen molar-refractivity contribution in [3.8, 4) is 0 Å². The molecule has 1 atom stereocenters. The SMILES string of the molecule is CN(C)C(CC(C)(C)CN)c1ccc(Cl)cc1. The molecule has 2 nitrogen and oxygen atoms in total. The van der Waals surface area contributed by atoms with Gasteiger partial charge in [-0.3, -0.25) is 0 Å². The molecular weight excluding hydrogens is 232 g/mol. The van der Waals surface area contributed by atoms with E-state index in [0.29, 0.717) is 12.6 Å². The molecule has 0 amide bonds. The van der Waals surface area contributed by atoms with E-state index in [-0.39, 0.29) is 5.41 Å². The molecule has 0 saturated carbocycles. The molecule has 0 radical (unpaired) electrons. The lowest BCUT2D eigenvalue weighted by Crippen LogP contribution is -2.31. The maximum atomic E-state index is 5.92. The third-order valence-corrected chi connectivity index (χ3v) is 3.43. The van der Waals surface area contributed by atoms with Gasteiger partial charge in [-0.25, -0.2) is 0 Å². The quantitative estimate of drug-likeness (QED) is 0.874. The maximum absolute atomic E-state index is 5.92.